The van der Waals surface area contributed by atoms with Gasteiger partial charge in [0.2, 0.25) is 0 Å². The van der Waals surface area contributed by atoms with Gasteiger partial charge in [-0.1, -0.05) is 19.0 Å². The van der Waals surface area contributed by atoms with Crippen LogP contribution in [0, 0.1) is 17.3 Å². The van der Waals surface area contributed by atoms with E-state index in [4.69, 9.17) is 5.21 Å². The number of hydrogen-bond acceptors (Lipinski definition) is 2. The third-order valence-electron chi connectivity index (χ3n) is 4.07. The highest BCUT2D eigenvalue weighted by atomic mass is 16.4. The molecule has 0 unspecified atom stereocenters. The molecule has 68 valence electrons. The first-order valence-electron chi connectivity index (χ1n) is 4.84. The van der Waals surface area contributed by atoms with Crippen molar-refractivity contribution in [3.05, 3.63) is 0 Å². The van der Waals surface area contributed by atoms with Crippen LogP contribution >= 0.6 is 0 Å². The molecule has 12 heavy (non-hydrogen) atoms. The van der Waals surface area contributed by atoms with Crippen molar-refractivity contribution in [1.82, 2.24) is 0 Å². The van der Waals surface area contributed by atoms with Crippen molar-refractivity contribution >= 4 is 5.71 Å². The normalized spacial score (nSPS) is 42.0. The first kappa shape index (κ1) is 8.09. The fraction of sp³-hybridized carbons (Fsp3) is 0.900. The summed E-state index contributed by atoms with van der Waals surface area (Å²) >= 11 is 0. The highest BCUT2D eigenvalue weighted by Gasteiger charge is 2.47. The van der Waals surface area contributed by atoms with E-state index in [9.17, 15) is 0 Å². The van der Waals surface area contributed by atoms with Crippen molar-refractivity contribution in [2.24, 2.45) is 22.4 Å². The number of hydrogen-bond donors (Lipinski definition) is 1. The van der Waals surface area contributed by atoms with E-state index in [1.807, 2.05) is 0 Å². The second kappa shape index (κ2) is 2.48. The lowest BCUT2D eigenvalue weighted by atomic mass is 9.67. The van der Waals surface area contributed by atoms with Crippen LogP contribution in [0.15, 0.2) is 5.16 Å². The summed E-state index contributed by atoms with van der Waals surface area (Å²) in [6.45, 7) is 4.73. The van der Waals surface area contributed by atoms with E-state index < -0.39 is 0 Å². The average Bonchev–Trinajstić information content (AvgIpc) is 2.29. The molecule has 0 heterocycles. The number of nitrogens with zero attached hydrogens (tertiary/aromatic N) is 1. The van der Waals surface area contributed by atoms with E-state index in [1.165, 1.54) is 12.8 Å². The van der Waals surface area contributed by atoms with Gasteiger partial charge in [-0.05, 0) is 42.9 Å². The van der Waals surface area contributed by atoms with Crippen molar-refractivity contribution in [1.29, 1.82) is 0 Å². The number of rotatable bonds is 0. The number of fused-ring (bicyclic) bond motifs is 2. The molecule has 2 rings (SSSR count). The van der Waals surface area contributed by atoms with E-state index in [0.717, 1.165) is 30.4 Å². The molecule has 0 aromatic heterocycles. The fourth-order valence-electron chi connectivity index (χ4n) is 2.94. The highest BCUT2D eigenvalue weighted by molar-refractivity contribution is 5.85. The maximum atomic E-state index is 8.71. The maximum absolute atomic E-state index is 8.71. The Morgan fingerprint density at radius 3 is 2.17 bits per heavy atom. The average molecular weight is 167 g/mol. The molecule has 2 aliphatic carbocycles. The third kappa shape index (κ3) is 0.970. The van der Waals surface area contributed by atoms with Gasteiger partial charge < -0.3 is 5.21 Å². The Bertz CT molecular complexity index is 202. The van der Waals surface area contributed by atoms with E-state index >= 15 is 0 Å². The van der Waals surface area contributed by atoms with E-state index in [2.05, 4.69) is 19.0 Å². The monoisotopic (exact) mass is 167 g/mol. The van der Waals surface area contributed by atoms with Gasteiger partial charge in [-0.15, -0.1) is 0 Å². The Morgan fingerprint density at radius 2 is 1.75 bits per heavy atom. The zero-order chi connectivity index (χ0) is 8.77. The summed E-state index contributed by atoms with van der Waals surface area (Å²) in [6, 6.07) is 0. The molecular formula is C10H17NO. The Hall–Kier alpha value is -0.530. The van der Waals surface area contributed by atoms with Crippen LogP contribution in [0.2, 0.25) is 0 Å². The smallest absolute Gasteiger partial charge is 0.0576 e. The van der Waals surface area contributed by atoms with Crippen LogP contribution in [-0.4, -0.2) is 10.9 Å². The van der Waals surface area contributed by atoms with Gasteiger partial charge >= 0.3 is 0 Å². The second-order valence-corrected chi connectivity index (χ2v) is 4.87. The molecule has 0 aromatic rings. The van der Waals surface area contributed by atoms with Crippen LogP contribution in [0.25, 0.3) is 0 Å². The molecule has 0 aromatic carbocycles. The summed E-state index contributed by atoms with van der Waals surface area (Å²) in [7, 11) is 0. The SMILES string of the molecule is CC1(C)[C@@H]2CC[C@H]1CC(=NO)C2. The molecule has 0 aliphatic heterocycles. The van der Waals surface area contributed by atoms with Crippen LogP contribution in [-0.2, 0) is 0 Å². The Kier molecular flexibility index (Phi) is 1.67. The van der Waals surface area contributed by atoms with Crippen molar-refractivity contribution in [2.75, 3.05) is 0 Å². The van der Waals surface area contributed by atoms with Crippen molar-refractivity contribution in [3.63, 3.8) is 0 Å². The quantitative estimate of drug-likeness (QED) is 0.436. The van der Waals surface area contributed by atoms with Gasteiger partial charge in [0, 0.05) is 0 Å². The van der Waals surface area contributed by atoms with Crippen molar-refractivity contribution < 1.29 is 5.21 Å². The van der Waals surface area contributed by atoms with Crippen LogP contribution in [0.3, 0.4) is 0 Å². The van der Waals surface area contributed by atoms with Gasteiger partial charge in [-0.25, -0.2) is 0 Å². The largest absolute Gasteiger partial charge is 0.411 e. The molecule has 2 bridgehead atoms. The topological polar surface area (TPSA) is 32.6 Å². The van der Waals surface area contributed by atoms with Crippen LogP contribution in [0.5, 0.6) is 0 Å². The van der Waals surface area contributed by atoms with Crippen LogP contribution in [0.4, 0.5) is 0 Å². The molecular weight excluding hydrogens is 150 g/mol. The third-order valence-corrected chi connectivity index (χ3v) is 4.07. The lowest BCUT2D eigenvalue weighted by Gasteiger charge is -2.37. The van der Waals surface area contributed by atoms with Crippen LogP contribution < -0.4 is 0 Å². The predicted molar refractivity (Wildman–Crippen MR) is 48.5 cm³/mol. The summed E-state index contributed by atoms with van der Waals surface area (Å²) in [6.07, 6.45) is 4.72. The molecule has 2 nitrogen and oxygen atoms in total. The Morgan fingerprint density at radius 1 is 1.25 bits per heavy atom. The summed E-state index contributed by atoms with van der Waals surface area (Å²) in [4.78, 5) is 0. The van der Waals surface area contributed by atoms with Crippen molar-refractivity contribution in [2.45, 2.75) is 39.5 Å². The minimum Gasteiger partial charge on any atom is -0.411 e. The summed E-state index contributed by atoms with van der Waals surface area (Å²) in [5, 5.41) is 12.1. The van der Waals surface area contributed by atoms with Gasteiger partial charge in [0.25, 0.3) is 0 Å². The zero-order valence-corrected chi connectivity index (χ0v) is 7.88. The lowest BCUT2D eigenvalue weighted by Crippen LogP contribution is -2.33. The molecule has 2 aliphatic rings. The van der Waals surface area contributed by atoms with Gasteiger partial charge in [0.05, 0.1) is 5.71 Å². The standard InChI is InChI=1S/C10H17NO/c1-10(2)7-3-4-8(10)6-9(5-7)11-12/h7-8,12H,3-6H2,1-2H3/t7-,8+. The minimum absolute atomic E-state index is 0.494. The van der Waals surface area contributed by atoms with E-state index in [1.54, 1.807) is 0 Å². The van der Waals surface area contributed by atoms with Crippen LogP contribution in [0.1, 0.15) is 39.5 Å². The Balaban J connectivity index is 2.22. The van der Waals surface area contributed by atoms with Crippen molar-refractivity contribution in [3.8, 4) is 0 Å². The molecule has 2 atom stereocenters. The fourth-order valence-corrected chi connectivity index (χ4v) is 2.94. The lowest BCUT2D eigenvalue weighted by molar-refractivity contribution is 0.171. The molecule has 2 fully saturated rings. The Labute approximate surface area is 73.7 Å². The second-order valence-electron chi connectivity index (χ2n) is 4.87. The molecule has 2 saturated carbocycles. The molecule has 0 spiro atoms. The number of oxime groups is 1. The summed E-state index contributed by atoms with van der Waals surface area (Å²) in [5.41, 5.74) is 1.52. The van der Waals surface area contributed by atoms with Gasteiger partial charge in [0.15, 0.2) is 0 Å². The zero-order valence-electron chi connectivity index (χ0n) is 7.88. The molecule has 0 amide bonds. The maximum Gasteiger partial charge on any atom is 0.0576 e. The summed E-state index contributed by atoms with van der Waals surface area (Å²) in [5.74, 6) is 1.53. The summed E-state index contributed by atoms with van der Waals surface area (Å²) < 4.78 is 0. The molecule has 0 radical (unpaired) electrons. The van der Waals surface area contributed by atoms with Gasteiger partial charge in [-0.2, -0.15) is 0 Å². The van der Waals surface area contributed by atoms with E-state index in [-0.39, 0.29) is 0 Å². The molecule has 2 heteroatoms. The first-order valence-corrected chi connectivity index (χ1v) is 4.84. The first-order chi connectivity index (χ1) is 5.64. The molecule has 1 N–H and O–H groups in total. The highest BCUT2D eigenvalue weighted by Crippen LogP contribution is 2.54. The molecule has 0 saturated heterocycles. The minimum atomic E-state index is 0.494. The van der Waals surface area contributed by atoms with E-state index in [0.29, 0.717) is 5.41 Å². The predicted octanol–water partition coefficient (Wildman–Crippen LogP) is 2.66. The van der Waals surface area contributed by atoms with Gasteiger partial charge in [0.1, 0.15) is 0 Å². The van der Waals surface area contributed by atoms with Gasteiger partial charge in [-0.3, -0.25) is 0 Å².